The number of carbonyl (C=O) groups is 2. The highest BCUT2D eigenvalue weighted by molar-refractivity contribution is 5.96. The Morgan fingerprint density at radius 2 is 1.70 bits per heavy atom. The number of ether oxygens (including phenoxy) is 2. The molecule has 2 N–H and O–H groups in total. The molecule has 27 heavy (non-hydrogen) atoms. The Bertz CT molecular complexity index is 812. The van der Waals surface area contributed by atoms with Crippen LogP contribution in [-0.4, -0.2) is 29.6 Å². The third kappa shape index (κ3) is 5.03. The molecule has 0 saturated carbocycles. The molecule has 0 aliphatic heterocycles. The standard InChI is InChI=1S/C20H27N3O4/c1-6-26-17-9-7-8-10-18(17)27-12-19(24)21-22-20(25)16-11-14(4)23(13(2)3)15(16)5/h7-11,13H,6,12H2,1-5H3,(H,21,24)(H,22,25). The van der Waals surface area contributed by atoms with Gasteiger partial charge < -0.3 is 14.0 Å². The Morgan fingerprint density at radius 3 is 2.26 bits per heavy atom. The van der Waals surface area contributed by atoms with E-state index in [1.807, 2.05) is 32.9 Å². The number of hydrogen-bond donors (Lipinski definition) is 2. The molecule has 2 rings (SSSR count). The molecule has 0 spiro atoms. The fourth-order valence-corrected chi connectivity index (χ4v) is 3.02. The van der Waals surface area contributed by atoms with Crippen LogP contribution in [0.5, 0.6) is 11.5 Å². The summed E-state index contributed by atoms with van der Waals surface area (Å²) in [5.41, 5.74) is 7.19. The Kier molecular flexibility index (Phi) is 6.87. The van der Waals surface area contributed by atoms with Crippen LogP contribution in [0.2, 0.25) is 0 Å². The lowest BCUT2D eigenvalue weighted by Gasteiger charge is -2.14. The van der Waals surface area contributed by atoms with E-state index in [-0.39, 0.29) is 18.6 Å². The lowest BCUT2D eigenvalue weighted by Crippen LogP contribution is -2.44. The molecule has 0 radical (unpaired) electrons. The van der Waals surface area contributed by atoms with Gasteiger partial charge in [-0.15, -0.1) is 0 Å². The molecule has 0 saturated heterocycles. The van der Waals surface area contributed by atoms with Crippen molar-refractivity contribution >= 4 is 11.8 Å². The molecule has 0 aliphatic rings. The summed E-state index contributed by atoms with van der Waals surface area (Å²) in [5.74, 6) is 0.213. The van der Waals surface area contributed by atoms with Crippen LogP contribution in [0, 0.1) is 13.8 Å². The summed E-state index contributed by atoms with van der Waals surface area (Å²) >= 11 is 0. The number of rotatable bonds is 7. The van der Waals surface area contributed by atoms with Crippen molar-refractivity contribution in [2.24, 2.45) is 0 Å². The highest BCUT2D eigenvalue weighted by Gasteiger charge is 2.17. The average molecular weight is 373 g/mol. The fourth-order valence-electron chi connectivity index (χ4n) is 3.02. The maximum absolute atomic E-state index is 12.4. The summed E-state index contributed by atoms with van der Waals surface area (Å²) in [6.45, 7) is 10.1. The molecule has 0 unspecified atom stereocenters. The van der Waals surface area contributed by atoms with Gasteiger partial charge in [0.05, 0.1) is 12.2 Å². The first-order valence-electron chi connectivity index (χ1n) is 8.97. The number of nitrogens with zero attached hydrogens (tertiary/aromatic N) is 1. The SMILES string of the molecule is CCOc1ccccc1OCC(=O)NNC(=O)c1cc(C)n(C(C)C)c1C. The van der Waals surface area contributed by atoms with Gasteiger partial charge in [-0.05, 0) is 52.8 Å². The van der Waals surface area contributed by atoms with Crippen LogP contribution in [0.25, 0.3) is 0 Å². The number of benzene rings is 1. The Balaban J connectivity index is 1.91. The first-order chi connectivity index (χ1) is 12.8. The van der Waals surface area contributed by atoms with E-state index in [1.165, 1.54) is 0 Å². The topological polar surface area (TPSA) is 81.6 Å². The molecule has 0 fully saturated rings. The van der Waals surface area contributed by atoms with Crippen molar-refractivity contribution < 1.29 is 19.1 Å². The van der Waals surface area contributed by atoms with Crippen LogP contribution in [0.1, 0.15) is 48.6 Å². The molecule has 2 aromatic rings. The molecule has 0 bridgehead atoms. The lowest BCUT2D eigenvalue weighted by atomic mass is 10.2. The molecule has 0 aliphatic carbocycles. The highest BCUT2D eigenvalue weighted by Crippen LogP contribution is 2.26. The van der Waals surface area contributed by atoms with Gasteiger partial charge in [0.1, 0.15) is 0 Å². The van der Waals surface area contributed by atoms with E-state index >= 15 is 0 Å². The van der Waals surface area contributed by atoms with Crippen molar-refractivity contribution in [3.05, 3.63) is 47.3 Å². The molecule has 1 heterocycles. The van der Waals surface area contributed by atoms with Gasteiger partial charge in [0.15, 0.2) is 18.1 Å². The molecular formula is C20H27N3O4. The van der Waals surface area contributed by atoms with Crippen LogP contribution >= 0.6 is 0 Å². The number of hydrazine groups is 1. The van der Waals surface area contributed by atoms with Crippen LogP contribution in [-0.2, 0) is 4.79 Å². The van der Waals surface area contributed by atoms with Gasteiger partial charge >= 0.3 is 0 Å². The third-order valence-electron chi connectivity index (χ3n) is 4.07. The van der Waals surface area contributed by atoms with Gasteiger partial charge in [0, 0.05) is 17.4 Å². The van der Waals surface area contributed by atoms with E-state index in [0.717, 1.165) is 11.4 Å². The molecular weight excluding hydrogens is 346 g/mol. The first-order valence-corrected chi connectivity index (χ1v) is 8.97. The minimum absolute atomic E-state index is 0.241. The van der Waals surface area contributed by atoms with Crippen LogP contribution in [0.3, 0.4) is 0 Å². The van der Waals surface area contributed by atoms with Crippen LogP contribution in [0.4, 0.5) is 0 Å². The average Bonchev–Trinajstić information content (AvgIpc) is 2.93. The van der Waals surface area contributed by atoms with Crippen molar-refractivity contribution in [1.29, 1.82) is 0 Å². The van der Waals surface area contributed by atoms with E-state index < -0.39 is 5.91 Å². The van der Waals surface area contributed by atoms with Gasteiger partial charge in [-0.1, -0.05) is 12.1 Å². The summed E-state index contributed by atoms with van der Waals surface area (Å²) in [4.78, 5) is 24.4. The largest absolute Gasteiger partial charge is 0.490 e. The van der Waals surface area contributed by atoms with Gasteiger partial charge in [0.2, 0.25) is 0 Å². The number of aryl methyl sites for hydroxylation is 1. The number of amides is 2. The zero-order chi connectivity index (χ0) is 20.0. The molecule has 1 aromatic heterocycles. The van der Waals surface area contributed by atoms with E-state index in [4.69, 9.17) is 9.47 Å². The van der Waals surface area contributed by atoms with Crippen molar-refractivity contribution in [2.45, 2.75) is 40.7 Å². The summed E-state index contributed by atoms with van der Waals surface area (Å²) in [7, 11) is 0. The summed E-state index contributed by atoms with van der Waals surface area (Å²) in [5, 5.41) is 0. The Labute approximate surface area is 159 Å². The van der Waals surface area contributed by atoms with Gasteiger partial charge in [-0.2, -0.15) is 0 Å². The van der Waals surface area contributed by atoms with E-state index in [1.54, 1.807) is 18.2 Å². The van der Waals surface area contributed by atoms with E-state index in [9.17, 15) is 9.59 Å². The van der Waals surface area contributed by atoms with Gasteiger partial charge in [0.25, 0.3) is 11.8 Å². The predicted octanol–water partition coefficient (Wildman–Crippen LogP) is 2.92. The molecule has 2 amide bonds. The van der Waals surface area contributed by atoms with Crippen LogP contribution < -0.4 is 20.3 Å². The third-order valence-corrected chi connectivity index (χ3v) is 4.07. The fraction of sp³-hybridized carbons (Fsp3) is 0.400. The van der Waals surface area contributed by atoms with Gasteiger partial charge in [-0.25, -0.2) is 0 Å². The Hall–Kier alpha value is -2.96. The predicted molar refractivity (Wildman–Crippen MR) is 103 cm³/mol. The highest BCUT2D eigenvalue weighted by atomic mass is 16.5. The second kappa shape index (κ2) is 9.12. The van der Waals surface area contributed by atoms with Crippen molar-refractivity contribution in [3.8, 4) is 11.5 Å². The number of carbonyl (C=O) groups excluding carboxylic acids is 2. The minimum atomic E-state index is -0.465. The Morgan fingerprint density at radius 1 is 1.07 bits per heavy atom. The van der Waals surface area contributed by atoms with Crippen LogP contribution in [0.15, 0.2) is 30.3 Å². The smallest absolute Gasteiger partial charge is 0.276 e. The molecule has 7 heteroatoms. The molecule has 1 aromatic carbocycles. The lowest BCUT2D eigenvalue weighted by molar-refractivity contribution is -0.123. The maximum atomic E-state index is 12.4. The second-order valence-electron chi connectivity index (χ2n) is 6.42. The monoisotopic (exact) mass is 373 g/mol. The second-order valence-corrected chi connectivity index (χ2v) is 6.42. The molecule has 0 atom stereocenters. The number of nitrogens with one attached hydrogen (secondary N) is 2. The summed E-state index contributed by atoms with van der Waals surface area (Å²) in [6.07, 6.45) is 0. The van der Waals surface area contributed by atoms with Gasteiger partial charge in [-0.3, -0.25) is 20.4 Å². The van der Waals surface area contributed by atoms with E-state index in [0.29, 0.717) is 23.7 Å². The number of para-hydroxylation sites is 2. The number of hydrogen-bond acceptors (Lipinski definition) is 4. The zero-order valence-electron chi connectivity index (χ0n) is 16.5. The normalized spacial score (nSPS) is 10.6. The van der Waals surface area contributed by atoms with Crippen molar-refractivity contribution in [2.75, 3.05) is 13.2 Å². The van der Waals surface area contributed by atoms with Crippen molar-refractivity contribution in [1.82, 2.24) is 15.4 Å². The minimum Gasteiger partial charge on any atom is -0.490 e. The zero-order valence-corrected chi connectivity index (χ0v) is 16.5. The number of aromatic nitrogens is 1. The quantitative estimate of drug-likeness (QED) is 0.731. The molecule has 7 nitrogen and oxygen atoms in total. The summed E-state index contributed by atoms with van der Waals surface area (Å²) in [6, 6.07) is 9.17. The van der Waals surface area contributed by atoms with Crippen molar-refractivity contribution in [3.63, 3.8) is 0 Å². The molecule has 146 valence electrons. The summed E-state index contributed by atoms with van der Waals surface area (Å²) < 4.78 is 13.0. The van der Waals surface area contributed by atoms with E-state index in [2.05, 4.69) is 29.3 Å². The maximum Gasteiger partial charge on any atom is 0.276 e. The first kappa shape index (κ1) is 20.4.